The number of aromatic nitrogens is 3. The third kappa shape index (κ3) is 5.12. The molecule has 0 aliphatic heterocycles. The molecule has 0 atom stereocenters. The number of rotatable bonds is 5. The fraction of sp³-hybridized carbons (Fsp3) is 0. The van der Waals surface area contributed by atoms with E-state index in [2.05, 4.69) is 112 Å². The zero-order valence-corrected chi connectivity index (χ0v) is 29.8. The molecule has 0 unspecified atom stereocenters. The van der Waals surface area contributed by atoms with Gasteiger partial charge in [0.1, 0.15) is 0 Å². The average Bonchev–Trinajstić information content (AvgIpc) is 3.78. The van der Waals surface area contributed by atoms with Gasteiger partial charge in [-0.1, -0.05) is 84.9 Å². The topological polar surface area (TPSA) is 94.1 Å². The molecule has 56 heavy (non-hydrogen) atoms. The van der Waals surface area contributed by atoms with Gasteiger partial charge in [-0.2, -0.15) is 15.8 Å². The van der Waals surface area contributed by atoms with Crippen LogP contribution in [0.15, 0.2) is 170 Å². The van der Waals surface area contributed by atoms with Gasteiger partial charge in [-0.25, -0.2) is 0 Å². The third-order valence-corrected chi connectivity index (χ3v) is 10.7. The first-order valence-electron chi connectivity index (χ1n) is 18.2. The number of nitriles is 3. The standard InChI is InChI=1S/C50H28N6/c51-27-32-15-17-35(18-16-32)50-48(55-44-13-3-1-11-40(44)42-25-38(19-21-46(42)55)36-9-5-7-33(23-36)28-52)30-54-31-49(50)56-45-14-4-2-12-41(45)43-26-39(20-22-47(43)56)37-10-6-8-34(24-37)29-53/h1-26,30-31H. The van der Waals surface area contributed by atoms with E-state index in [0.717, 1.165) is 88.4 Å². The van der Waals surface area contributed by atoms with E-state index in [1.165, 1.54) is 0 Å². The summed E-state index contributed by atoms with van der Waals surface area (Å²) in [5.41, 5.74) is 13.7. The summed E-state index contributed by atoms with van der Waals surface area (Å²) in [5, 5.41) is 33.3. The van der Waals surface area contributed by atoms with E-state index in [-0.39, 0.29) is 0 Å². The molecular formula is C50H28N6. The Kier molecular flexibility index (Phi) is 7.53. The first kappa shape index (κ1) is 32.4. The molecule has 3 heterocycles. The van der Waals surface area contributed by atoms with Crippen LogP contribution in [0.1, 0.15) is 16.7 Å². The Balaban J connectivity index is 1.27. The van der Waals surface area contributed by atoms with Crippen molar-refractivity contribution in [3.8, 4) is 63.0 Å². The summed E-state index contributed by atoms with van der Waals surface area (Å²) >= 11 is 0. The highest BCUT2D eigenvalue weighted by Gasteiger charge is 2.23. The zero-order valence-electron chi connectivity index (χ0n) is 29.8. The maximum absolute atomic E-state index is 9.75. The molecule has 258 valence electrons. The first-order valence-corrected chi connectivity index (χ1v) is 18.2. The van der Waals surface area contributed by atoms with Gasteiger partial charge in [-0.05, 0) is 101 Å². The largest absolute Gasteiger partial charge is 0.307 e. The Labute approximate surface area is 322 Å². The molecule has 0 aliphatic rings. The first-order chi connectivity index (χ1) is 27.6. The van der Waals surface area contributed by atoms with Crippen LogP contribution in [0.2, 0.25) is 0 Å². The van der Waals surface area contributed by atoms with Crippen molar-refractivity contribution in [2.45, 2.75) is 0 Å². The number of pyridine rings is 1. The number of para-hydroxylation sites is 2. The Morgan fingerprint density at radius 3 is 1.27 bits per heavy atom. The predicted octanol–water partition coefficient (Wildman–Crippen LogP) is 11.9. The number of nitrogens with zero attached hydrogens (tertiary/aromatic N) is 6. The highest BCUT2D eigenvalue weighted by atomic mass is 15.0. The van der Waals surface area contributed by atoms with Crippen molar-refractivity contribution in [2.75, 3.05) is 0 Å². The summed E-state index contributed by atoms with van der Waals surface area (Å²) < 4.78 is 4.58. The van der Waals surface area contributed by atoms with Crippen molar-refractivity contribution >= 4 is 43.6 Å². The highest BCUT2D eigenvalue weighted by Crippen LogP contribution is 2.43. The number of hydrogen-bond donors (Lipinski definition) is 0. The Hall–Kier alpha value is -8.24. The molecule has 0 amide bonds. The van der Waals surface area contributed by atoms with Crippen LogP contribution in [0.5, 0.6) is 0 Å². The number of benzene rings is 7. The summed E-state index contributed by atoms with van der Waals surface area (Å²) in [6.45, 7) is 0. The lowest BCUT2D eigenvalue weighted by Crippen LogP contribution is -2.05. The molecule has 10 rings (SSSR count). The second-order valence-corrected chi connectivity index (χ2v) is 13.8. The van der Waals surface area contributed by atoms with Crippen molar-refractivity contribution in [1.29, 1.82) is 15.8 Å². The van der Waals surface area contributed by atoms with Gasteiger partial charge >= 0.3 is 0 Å². The molecule has 0 saturated heterocycles. The van der Waals surface area contributed by atoms with Crippen LogP contribution in [-0.2, 0) is 0 Å². The second-order valence-electron chi connectivity index (χ2n) is 13.8. The lowest BCUT2D eigenvalue weighted by Gasteiger charge is -2.19. The van der Waals surface area contributed by atoms with E-state index < -0.39 is 0 Å². The van der Waals surface area contributed by atoms with Gasteiger partial charge in [0, 0.05) is 27.1 Å². The molecule has 3 aromatic heterocycles. The van der Waals surface area contributed by atoms with Crippen LogP contribution >= 0.6 is 0 Å². The lowest BCUT2D eigenvalue weighted by molar-refractivity contribution is 1.09. The molecule has 0 aliphatic carbocycles. The molecule has 0 N–H and O–H groups in total. The Bertz CT molecular complexity index is 3150. The van der Waals surface area contributed by atoms with Gasteiger partial charge in [-0.15, -0.1) is 0 Å². The minimum atomic E-state index is 0.584. The van der Waals surface area contributed by atoms with Gasteiger partial charge in [0.15, 0.2) is 0 Å². The molecular weight excluding hydrogens is 685 g/mol. The number of fused-ring (bicyclic) bond motifs is 6. The van der Waals surface area contributed by atoms with Crippen molar-refractivity contribution < 1.29 is 0 Å². The van der Waals surface area contributed by atoms with Gasteiger partial charge < -0.3 is 9.13 Å². The summed E-state index contributed by atoms with van der Waals surface area (Å²) in [6, 6.07) is 59.8. The summed E-state index contributed by atoms with van der Waals surface area (Å²) in [7, 11) is 0. The molecule has 0 spiro atoms. The van der Waals surface area contributed by atoms with Crippen LogP contribution < -0.4 is 0 Å². The van der Waals surface area contributed by atoms with Gasteiger partial charge in [0.2, 0.25) is 0 Å². The lowest BCUT2D eigenvalue weighted by atomic mass is 10.0. The molecule has 0 saturated carbocycles. The van der Waals surface area contributed by atoms with E-state index in [1.54, 1.807) is 0 Å². The van der Waals surface area contributed by atoms with Gasteiger partial charge in [-0.3, -0.25) is 4.98 Å². The molecule has 10 aromatic rings. The summed E-state index contributed by atoms with van der Waals surface area (Å²) in [6.07, 6.45) is 3.86. The highest BCUT2D eigenvalue weighted by molar-refractivity contribution is 6.13. The van der Waals surface area contributed by atoms with E-state index in [0.29, 0.717) is 16.7 Å². The Morgan fingerprint density at radius 2 is 0.786 bits per heavy atom. The van der Waals surface area contributed by atoms with Crippen LogP contribution in [0.4, 0.5) is 0 Å². The minimum Gasteiger partial charge on any atom is -0.307 e. The van der Waals surface area contributed by atoms with E-state index >= 15 is 0 Å². The van der Waals surface area contributed by atoms with E-state index in [1.807, 2.05) is 85.2 Å². The maximum atomic E-state index is 9.75. The van der Waals surface area contributed by atoms with Gasteiger partial charge in [0.25, 0.3) is 0 Å². The van der Waals surface area contributed by atoms with Crippen molar-refractivity contribution in [3.05, 3.63) is 187 Å². The monoisotopic (exact) mass is 712 g/mol. The van der Waals surface area contributed by atoms with E-state index in [4.69, 9.17) is 4.98 Å². The van der Waals surface area contributed by atoms with E-state index in [9.17, 15) is 15.8 Å². The SMILES string of the molecule is N#Cc1ccc(-c2c(-n3c4ccccc4c4cc(-c5cccc(C#N)c5)ccc43)cncc2-n2c3ccccc3c3cc(-c4cccc(C#N)c4)ccc32)cc1. The van der Waals surface area contributed by atoms with Crippen molar-refractivity contribution in [1.82, 2.24) is 14.1 Å². The fourth-order valence-corrected chi connectivity index (χ4v) is 8.15. The van der Waals surface area contributed by atoms with Crippen LogP contribution in [0.3, 0.4) is 0 Å². The summed E-state index contributed by atoms with van der Waals surface area (Å²) in [4.78, 5) is 4.96. The number of hydrogen-bond acceptors (Lipinski definition) is 4. The van der Waals surface area contributed by atoms with Crippen LogP contribution in [-0.4, -0.2) is 14.1 Å². The molecule has 7 aromatic carbocycles. The zero-order chi connectivity index (χ0) is 37.8. The van der Waals surface area contributed by atoms with Gasteiger partial charge in [0.05, 0.1) is 80.7 Å². The maximum Gasteiger partial charge on any atom is 0.0991 e. The smallest absolute Gasteiger partial charge is 0.0991 e. The quantitative estimate of drug-likeness (QED) is 0.177. The van der Waals surface area contributed by atoms with Crippen molar-refractivity contribution in [3.63, 3.8) is 0 Å². The molecule has 0 radical (unpaired) electrons. The third-order valence-electron chi connectivity index (χ3n) is 10.7. The second kappa shape index (κ2) is 13.0. The molecule has 0 fully saturated rings. The fourth-order valence-electron chi connectivity index (χ4n) is 8.15. The minimum absolute atomic E-state index is 0.584. The predicted molar refractivity (Wildman–Crippen MR) is 223 cm³/mol. The van der Waals surface area contributed by atoms with Crippen LogP contribution in [0.25, 0.3) is 88.4 Å². The average molecular weight is 713 g/mol. The van der Waals surface area contributed by atoms with Crippen molar-refractivity contribution in [2.24, 2.45) is 0 Å². The Morgan fingerprint density at radius 1 is 0.357 bits per heavy atom. The molecule has 0 bridgehead atoms. The molecule has 6 nitrogen and oxygen atoms in total. The summed E-state index contributed by atoms with van der Waals surface area (Å²) in [5.74, 6) is 0. The van der Waals surface area contributed by atoms with Crippen LogP contribution in [0, 0.1) is 34.0 Å². The normalized spacial score (nSPS) is 11.2. The molecule has 6 heteroatoms.